The van der Waals surface area contributed by atoms with E-state index in [1.165, 1.54) is 11.1 Å². The van der Waals surface area contributed by atoms with Crippen LogP contribution in [0.5, 0.6) is 0 Å². The van der Waals surface area contributed by atoms with Gasteiger partial charge < -0.3 is 5.32 Å². The molecule has 4 aromatic rings. The molecule has 0 saturated heterocycles. The monoisotopic (exact) mass is 407 g/mol. The summed E-state index contributed by atoms with van der Waals surface area (Å²) in [4.78, 5) is 12.4. The Labute approximate surface area is 181 Å². The van der Waals surface area contributed by atoms with Gasteiger partial charge in [0.25, 0.3) is 5.91 Å². The topological polar surface area (TPSA) is 57.7 Å². The Bertz CT molecular complexity index is 1140. The SMILES string of the molecule is O=C(C[n+]1ccc(Cc2ccccc2)cc1)Nc1ccc(N=Nc2ccccc2)cc1. The summed E-state index contributed by atoms with van der Waals surface area (Å²) in [6, 6.07) is 31.3. The molecule has 0 fully saturated rings. The molecule has 3 aromatic carbocycles. The number of nitrogens with one attached hydrogen (secondary N) is 1. The summed E-state index contributed by atoms with van der Waals surface area (Å²) in [5.74, 6) is -0.0838. The van der Waals surface area contributed by atoms with Crippen LogP contribution in [0.25, 0.3) is 0 Å². The van der Waals surface area contributed by atoms with Gasteiger partial charge in [-0.15, -0.1) is 0 Å². The number of azo groups is 1. The first kappa shape index (κ1) is 20.2. The summed E-state index contributed by atoms with van der Waals surface area (Å²) in [5, 5.41) is 11.3. The summed E-state index contributed by atoms with van der Waals surface area (Å²) < 4.78 is 1.87. The molecule has 31 heavy (non-hydrogen) atoms. The van der Waals surface area contributed by atoms with Gasteiger partial charge in [-0.3, -0.25) is 4.79 Å². The lowest BCUT2D eigenvalue weighted by atomic mass is 10.1. The summed E-state index contributed by atoms with van der Waals surface area (Å²) in [6.45, 7) is 0.251. The molecular weight excluding hydrogens is 384 g/mol. The Morgan fingerprint density at radius 3 is 1.87 bits per heavy atom. The van der Waals surface area contributed by atoms with Crippen molar-refractivity contribution in [3.63, 3.8) is 0 Å². The molecule has 0 radical (unpaired) electrons. The van der Waals surface area contributed by atoms with Crippen molar-refractivity contribution in [3.8, 4) is 0 Å². The van der Waals surface area contributed by atoms with Crippen LogP contribution in [0.4, 0.5) is 17.1 Å². The minimum Gasteiger partial charge on any atom is -0.321 e. The number of hydrogen-bond acceptors (Lipinski definition) is 3. The van der Waals surface area contributed by atoms with Gasteiger partial charge in [0.2, 0.25) is 6.54 Å². The van der Waals surface area contributed by atoms with Gasteiger partial charge in [-0.05, 0) is 53.9 Å². The van der Waals surface area contributed by atoms with Gasteiger partial charge >= 0.3 is 0 Å². The van der Waals surface area contributed by atoms with Crippen LogP contribution in [0.15, 0.2) is 120 Å². The number of benzene rings is 3. The molecule has 0 atom stereocenters. The quantitative estimate of drug-likeness (QED) is 0.314. The van der Waals surface area contributed by atoms with Crippen molar-refractivity contribution in [2.45, 2.75) is 13.0 Å². The molecule has 0 bridgehead atoms. The van der Waals surface area contributed by atoms with E-state index in [9.17, 15) is 4.79 Å². The summed E-state index contributed by atoms with van der Waals surface area (Å²) in [6.07, 6.45) is 4.75. The molecule has 0 aliphatic carbocycles. The maximum Gasteiger partial charge on any atom is 0.290 e. The minimum absolute atomic E-state index is 0.0838. The van der Waals surface area contributed by atoms with E-state index in [0.717, 1.165) is 23.5 Å². The molecule has 1 heterocycles. The lowest BCUT2D eigenvalue weighted by Crippen LogP contribution is -2.39. The predicted molar refractivity (Wildman–Crippen MR) is 122 cm³/mol. The number of carbonyl (C=O) groups excluding carboxylic acids is 1. The molecule has 152 valence electrons. The number of nitrogens with zero attached hydrogens (tertiary/aromatic N) is 3. The molecule has 1 amide bonds. The van der Waals surface area contributed by atoms with E-state index in [0.29, 0.717) is 0 Å². The van der Waals surface area contributed by atoms with Gasteiger partial charge in [-0.1, -0.05) is 48.5 Å². The fraction of sp³-hybridized carbons (Fsp3) is 0.0769. The van der Waals surface area contributed by atoms with Crippen molar-refractivity contribution in [3.05, 3.63) is 121 Å². The Morgan fingerprint density at radius 1 is 0.677 bits per heavy atom. The van der Waals surface area contributed by atoms with Crippen molar-refractivity contribution in [1.82, 2.24) is 0 Å². The third-order valence-corrected chi connectivity index (χ3v) is 4.73. The molecule has 0 aliphatic heterocycles. The predicted octanol–water partition coefficient (Wildman–Crippen LogP) is 5.62. The zero-order chi connectivity index (χ0) is 21.3. The lowest BCUT2D eigenvalue weighted by Gasteiger charge is -2.04. The zero-order valence-corrected chi connectivity index (χ0v) is 17.1. The van der Waals surface area contributed by atoms with Gasteiger partial charge in [-0.25, -0.2) is 0 Å². The van der Waals surface area contributed by atoms with Crippen LogP contribution in [0.1, 0.15) is 11.1 Å². The number of amides is 1. The number of hydrogen-bond donors (Lipinski definition) is 1. The Balaban J connectivity index is 1.29. The lowest BCUT2D eigenvalue weighted by molar-refractivity contribution is -0.684. The first-order chi connectivity index (χ1) is 15.2. The van der Waals surface area contributed by atoms with Crippen molar-refractivity contribution in [2.75, 3.05) is 5.32 Å². The standard InChI is InChI=1S/C26H22N4O/c31-26(20-30-17-15-22(16-18-30)19-21-7-3-1-4-8-21)27-23-11-13-25(14-12-23)29-28-24-9-5-2-6-10-24/h1-18H,19-20H2/p+1. The van der Waals surface area contributed by atoms with Gasteiger partial charge in [-0.2, -0.15) is 14.8 Å². The first-order valence-electron chi connectivity index (χ1n) is 10.1. The second kappa shape index (κ2) is 10.1. The molecule has 4 rings (SSSR count). The first-order valence-corrected chi connectivity index (χ1v) is 10.1. The van der Waals surface area contributed by atoms with E-state index in [1.54, 1.807) is 0 Å². The van der Waals surface area contributed by atoms with Crippen LogP contribution < -0.4 is 9.88 Å². The summed E-state index contributed by atoms with van der Waals surface area (Å²) in [5.41, 5.74) is 4.73. The molecule has 1 N–H and O–H groups in total. The van der Waals surface area contributed by atoms with Gasteiger partial charge in [0, 0.05) is 17.8 Å². The molecule has 1 aromatic heterocycles. The number of aromatic nitrogens is 1. The van der Waals surface area contributed by atoms with E-state index in [-0.39, 0.29) is 12.5 Å². The highest BCUT2D eigenvalue weighted by Gasteiger charge is 2.10. The Kier molecular flexibility index (Phi) is 6.55. The normalized spacial score (nSPS) is 10.8. The highest BCUT2D eigenvalue weighted by molar-refractivity contribution is 5.89. The average Bonchev–Trinajstić information content (AvgIpc) is 2.81. The largest absolute Gasteiger partial charge is 0.321 e. The van der Waals surface area contributed by atoms with Gasteiger partial charge in [0.05, 0.1) is 11.4 Å². The maximum absolute atomic E-state index is 12.4. The van der Waals surface area contributed by atoms with E-state index in [2.05, 4.69) is 27.7 Å². The number of carbonyl (C=O) groups is 1. The highest BCUT2D eigenvalue weighted by Crippen LogP contribution is 2.20. The van der Waals surface area contributed by atoms with Crippen molar-refractivity contribution < 1.29 is 9.36 Å². The molecule has 5 nitrogen and oxygen atoms in total. The van der Waals surface area contributed by atoms with Crippen LogP contribution in [0.2, 0.25) is 0 Å². The van der Waals surface area contributed by atoms with E-state index >= 15 is 0 Å². The van der Waals surface area contributed by atoms with Crippen molar-refractivity contribution >= 4 is 23.0 Å². The van der Waals surface area contributed by atoms with Crippen molar-refractivity contribution in [1.29, 1.82) is 0 Å². The smallest absolute Gasteiger partial charge is 0.290 e. The molecule has 0 spiro atoms. The molecule has 0 saturated carbocycles. The zero-order valence-electron chi connectivity index (χ0n) is 17.1. The second-order valence-corrected chi connectivity index (χ2v) is 7.17. The fourth-order valence-corrected chi connectivity index (χ4v) is 3.13. The Hall–Kier alpha value is -4.12. The van der Waals surface area contributed by atoms with E-state index < -0.39 is 0 Å². The molecule has 5 heteroatoms. The maximum atomic E-state index is 12.4. The summed E-state index contributed by atoms with van der Waals surface area (Å²) >= 11 is 0. The highest BCUT2D eigenvalue weighted by atomic mass is 16.1. The molecule has 0 unspecified atom stereocenters. The van der Waals surface area contributed by atoms with Gasteiger partial charge in [0.1, 0.15) is 0 Å². The number of rotatable bonds is 7. The van der Waals surface area contributed by atoms with Crippen LogP contribution in [0, 0.1) is 0 Å². The molecular formula is C26H23N4O+. The summed E-state index contributed by atoms with van der Waals surface area (Å²) in [7, 11) is 0. The fourth-order valence-electron chi connectivity index (χ4n) is 3.13. The van der Waals surface area contributed by atoms with Crippen LogP contribution in [-0.4, -0.2) is 5.91 Å². The van der Waals surface area contributed by atoms with Gasteiger partial charge in [0.15, 0.2) is 12.4 Å². The van der Waals surface area contributed by atoms with E-state index in [1.807, 2.05) is 102 Å². The Morgan fingerprint density at radius 2 is 1.23 bits per heavy atom. The van der Waals surface area contributed by atoms with Crippen molar-refractivity contribution in [2.24, 2.45) is 10.2 Å². The third-order valence-electron chi connectivity index (χ3n) is 4.73. The number of anilines is 1. The average molecular weight is 407 g/mol. The minimum atomic E-state index is -0.0838. The van der Waals surface area contributed by atoms with Crippen LogP contribution in [-0.2, 0) is 17.8 Å². The van der Waals surface area contributed by atoms with Crippen LogP contribution in [0.3, 0.4) is 0 Å². The number of pyridine rings is 1. The second-order valence-electron chi connectivity index (χ2n) is 7.17. The molecule has 0 aliphatic rings. The van der Waals surface area contributed by atoms with E-state index in [4.69, 9.17) is 0 Å². The third kappa shape index (κ3) is 6.18. The van der Waals surface area contributed by atoms with Crippen LogP contribution >= 0.6 is 0 Å².